The molecule has 3 aromatic carbocycles. The van der Waals surface area contributed by atoms with Gasteiger partial charge < -0.3 is 9.47 Å². The molecule has 0 amide bonds. The minimum atomic E-state index is 0.640. The molecule has 26 heavy (non-hydrogen) atoms. The summed E-state index contributed by atoms with van der Waals surface area (Å²) in [6.07, 6.45) is 4.24. The summed E-state index contributed by atoms with van der Waals surface area (Å²) < 4.78 is 11.3. The molecular formula is C24H24O2. The fraction of sp³-hybridized carbons (Fsp3) is 0.250. The summed E-state index contributed by atoms with van der Waals surface area (Å²) in [7, 11) is 0. The molecule has 0 radical (unpaired) electrons. The molecule has 2 heteroatoms. The van der Waals surface area contributed by atoms with Crippen molar-refractivity contribution in [2.24, 2.45) is 0 Å². The van der Waals surface area contributed by atoms with Crippen LogP contribution in [0.25, 0.3) is 0 Å². The fourth-order valence-corrected chi connectivity index (χ4v) is 3.34. The lowest BCUT2D eigenvalue weighted by atomic mass is 10.00. The Balaban J connectivity index is 1.31. The first-order valence-corrected chi connectivity index (χ1v) is 9.37. The highest BCUT2D eigenvalue weighted by molar-refractivity contribution is 5.44. The Morgan fingerprint density at radius 3 is 1.65 bits per heavy atom. The summed E-state index contributed by atoms with van der Waals surface area (Å²) in [5.74, 6) is 1.74. The molecular weight excluding hydrogens is 320 g/mol. The fourth-order valence-electron chi connectivity index (χ4n) is 3.34. The van der Waals surface area contributed by atoms with Crippen LogP contribution in [-0.4, -0.2) is 13.2 Å². The van der Waals surface area contributed by atoms with Crippen molar-refractivity contribution in [1.82, 2.24) is 0 Å². The molecule has 1 heterocycles. The second-order valence-electron chi connectivity index (χ2n) is 6.78. The number of hydrogen-bond donors (Lipinski definition) is 0. The molecule has 1 aliphatic heterocycles. The van der Waals surface area contributed by atoms with Crippen molar-refractivity contribution >= 4 is 0 Å². The summed E-state index contributed by atoms with van der Waals surface area (Å²) in [6, 6.07) is 26.0. The Labute approximate surface area is 155 Å². The molecule has 0 fully saturated rings. The van der Waals surface area contributed by atoms with Gasteiger partial charge in [0, 0.05) is 0 Å². The van der Waals surface area contributed by atoms with Crippen molar-refractivity contribution < 1.29 is 9.47 Å². The van der Waals surface area contributed by atoms with Gasteiger partial charge in [0.2, 0.25) is 0 Å². The summed E-state index contributed by atoms with van der Waals surface area (Å²) in [5, 5.41) is 0. The Bertz CT molecular complexity index is 838. The van der Waals surface area contributed by atoms with E-state index in [2.05, 4.69) is 66.7 Å². The number of aryl methyl sites for hydroxylation is 4. The first kappa shape index (κ1) is 16.7. The van der Waals surface area contributed by atoms with E-state index < -0.39 is 0 Å². The summed E-state index contributed by atoms with van der Waals surface area (Å²) >= 11 is 0. The van der Waals surface area contributed by atoms with Gasteiger partial charge in [0.1, 0.15) is 13.2 Å². The van der Waals surface area contributed by atoms with E-state index in [1.807, 2.05) is 6.07 Å². The van der Waals surface area contributed by atoms with Crippen molar-refractivity contribution in [3.8, 4) is 11.5 Å². The van der Waals surface area contributed by atoms with Gasteiger partial charge in [-0.1, -0.05) is 60.7 Å². The first-order valence-electron chi connectivity index (χ1n) is 9.37. The quantitative estimate of drug-likeness (QED) is 0.624. The zero-order chi connectivity index (χ0) is 17.6. The highest BCUT2D eigenvalue weighted by Gasteiger charge is 2.11. The van der Waals surface area contributed by atoms with Gasteiger partial charge in [0.15, 0.2) is 11.5 Å². The third kappa shape index (κ3) is 4.26. The SMILES string of the molecule is c1ccc(CCc2ccc(CCc3ccc4c(c3)OCCO4)cc2)cc1. The largest absolute Gasteiger partial charge is 0.486 e. The molecule has 1 aliphatic rings. The highest BCUT2D eigenvalue weighted by Crippen LogP contribution is 2.31. The van der Waals surface area contributed by atoms with E-state index in [-0.39, 0.29) is 0 Å². The number of ether oxygens (including phenoxy) is 2. The molecule has 0 aromatic heterocycles. The van der Waals surface area contributed by atoms with Crippen LogP contribution in [-0.2, 0) is 25.7 Å². The van der Waals surface area contributed by atoms with Gasteiger partial charge in [-0.3, -0.25) is 0 Å². The second kappa shape index (κ2) is 8.09. The van der Waals surface area contributed by atoms with E-state index in [0.29, 0.717) is 13.2 Å². The Hall–Kier alpha value is -2.74. The van der Waals surface area contributed by atoms with Crippen LogP contribution in [0.5, 0.6) is 11.5 Å². The van der Waals surface area contributed by atoms with E-state index in [1.165, 1.54) is 22.3 Å². The smallest absolute Gasteiger partial charge is 0.161 e. The normalized spacial score (nSPS) is 12.8. The molecule has 3 aromatic rings. The number of benzene rings is 3. The number of hydrogen-bond acceptors (Lipinski definition) is 2. The maximum atomic E-state index is 5.67. The number of rotatable bonds is 6. The Morgan fingerprint density at radius 1 is 0.500 bits per heavy atom. The lowest BCUT2D eigenvalue weighted by Gasteiger charge is -2.18. The molecule has 0 saturated carbocycles. The van der Waals surface area contributed by atoms with E-state index in [9.17, 15) is 0 Å². The monoisotopic (exact) mass is 344 g/mol. The zero-order valence-corrected chi connectivity index (χ0v) is 15.0. The molecule has 0 spiro atoms. The second-order valence-corrected chi connectivity index (χ2v) is 6.78. The average molecular weight is 344 g/mol. The number of fused-ring (bicyclic) bond motifs is 1. The van der Waals surface area contributed by atoms with Crippen molar-refractivity contribution in [1.29, 1.82) is 0 Å². The lowest BCUT2D eigenvalue weighted by molar-refractivity contribution is 0.171. The van der Waals surface area contributed by atoms with Crippen LogP contribution in [0.4, 0.5) is 0 Å². The maximum Gasteiger partial charge on any atom is 0.161 e. The van der Waals surface area contributed by atoms with E-state index in [1.54, 1.807) is 0 Å². The van der Waals surface area contributed by atoms with Crippen LogP contribution in [0.15, 0.2) is 72.8 Å². The van der Waals surface area contributed by atoms with Gasteiger partial charge in [-0.2, -0.15) is 0 Å². The van der Waals surface area contributed by atoms with Crippen LogP contribution in [0, 0.1) is 0 Å². The van der Waals surface area contributed by atoms with Crippen molar-refractivity contribution in [3.05, 3.63) is 95.1 Å². The summed E-state index contributed by atoms with van der Waals surface area (Å²) in [6.45, 7) is 1.28. The standard InChI is InChI=1S/C24H24O2/c1-2-4-19(5-3-1)6-7-20-8-10-21(11-9-20)12-13-22-14-15-23-24(18-22)26-17-16-25-23/h1-5,8-11,14-15,18H,6-7,12-13,16-17H2. The molecule has 4 rings (SSSR count). The molecule has 0 aliphatic carbocycles. The molecule has 0 N–H and O–H groups in total. The van der Waals surface area contributed by atoms with Gasteiger partial charge >= 0.3 is 0 Å². The third-order valence-electron chi connectivity index (χ3n) is 4.88. The maximum absolute atomic E-state index is 5.67. The highest BCUT2D eigenvalue weighted by atomic mass is 16.6. The molecule has 132 valence electrons. The van der Waals surface area contributed by atoms with Crippen LogP contribution < -0.4 is 9.47 Å². The molecule has 2 nitrogen and oxygen atoms in total. The summed E-state index contributed by atoms with van der Waals surface area (Å²) in [5.41, 5.74) is 5.47. The third-order valence-corrected chi connectivity index (χ3v) is 4.88. The predicted octanol–water partition coefficient (Wildman–Crippen LogP) is 5.03. The average Bonchev–Trinajstić information content (AvgIpc) is 2.72. The lowest BCUT2D eigenvalue weighted by Crippen LogP contribution is -2.15. The van der Waals surface area contributed by atoms with E-state index >= 15 is 0 Å². The van der Waals surface area contributed by atoms with Gasteiger partial charge in [-0.25, -0.2) is 0 Å². The van der Waals surface area contributed by atoms with Gasteiger partial charge in [0.05, 0.1) is 0 Å². The van der Waals surface area contributed by atoms with Crippen LogP contribution in [0.1, 0.15) is 22.3 Å². The minimum absolute atomic E-state index is 0.640. The summed E-state index contributed by atoms with van der Waals surface area (Å²) in [4.78, 5) is 0. The first-order chi connectivity index (χ1) is 12.9. The predicted molar refractivity (Wildman–Crippen MR) is 105 cm³/mol. The van der Waals surface area contributed by atoms with E-state index in [4.69, 9.17) is 9.47 Å². The zero-order valence-electron chi connectivity index (χ0n) is 15.0. The molecule has 0 bridgehead atoms. The van der Waals surface area contributed by atoms with Crippen molar-refractivity contribution in [3.63, 3.8) is 0 Å². The Kier molecular flexibility index (Phi) is 5.20. The van der Waals surface area contributed by atoms with Gasteiger partial charge in [0.25, 0.3) is 0 Å². The van der Waals surface area contributed by atoms with Crippen LogP contribution >= 0.6 is 0 Å². The van der Waals surface area contributed by atoms with Crippen LogP contribution in [0.2, 0.25) is 0 Å². The molecule has 0 unspecified atom stereocenters. The van der Waals surface area contributed by atoms with Crippen LogP contribution in [0.3, 0.4) is 0 Å². The van der Waals surface area contributed by atoms with Crippen molar-refractivity contribution in [2.75, 3.05) is 13.2 Å². The van der Waals surface area contributed by atoms with Crippen molar-refractivity contribution in [2.45, 2.75) is 25.7 Å². The van der Waals surface area contributed by atoms with Gasteiger partial charge in [-0.15, -0.1) is 0 Å². The van der Waals surface area contributed by atoms with Gasteiger partial charge in [-0.05, 0) is 60.1 Å². The van der Waals surface area contributed by atoms with E-state index in [0.717, 1.165) is 37.2 Å². The topological polar surface area (TPSA) is 18.5 Å². The Morgan fingerprint density at radius 2 is 1.00 bits per heavy atom. The molecule has 0 atom stereocenters. The molecule has 0 saturated heterocycles. The minimum Gasteiger partial charge on any atom is -0.486 e.